The second-order valence-corrected chi connectivity index (χ2v) is 7.84. The third-order valence-corrected chi connectivity index (χ3v) is 5.24. The van der Waals surface area contributed by atoms with Crippen molar-refractivity contribution in [2.24, 2.45) is 0 Å². The molecule has 1 N–H and O–H groups in total. The number of fused-ring (bicyclic) bond motifs is 1. The van der Waals surface area contributed by atoms with Crippen LogP contribution in [-0.2, 0) is 13.1 Å². The fourth-order valence-electron chi connectivity index (χ4n) is 2.95. The molecule has 0 unspecified atom stereocenters. The van der Waals surface area contributed by atoms with Crippen molar-refractivity contribution < 1.29 is 4.79 Å². The summed E-state index contributed by atoms with van der Waals surface area (Å²) >= 11 is 9.13. The lowest BCUT2D eigenvalue weighted by Crippen LogP contribution is -2.28. The summed E-state index contributed by atoms with van der Waals surface area (Å²) in [5.74, 6) is -0.263. The summed E-state index contributed by atoms with van der Waals surface area (Å²) in [7, 11) is 0. The zero-order valence-electron chi connectivity index (χ0n) is 15.6. The summed E-state index contributed by atoms with van der Waals surface area (Å²) in [6, 6.07) is 10.9. The molecule has 0 atom stereocenters. The molecule has 152 valence electrons. The molecule has 30 heavy (non-hydrogen) atoms. The molecule has 4 rings (SSSR count). The molecule has 0 aliphatic rings. The number of halogens is 2. The van der Waals surface area contributed by atoms with Crippen LogP contribution in [0.5, 0.6) is 0 Å². The van der Waals surface area contributed by atoms with Crippen LogP contribution in [0, 0.1) is 0 Å². The molecule has 0 radical (unpaired) electrons. The highest BCUT2D eigenvalue weighted by Gasteiger charge is 2.11. The monoisotopic (exact) mass is 486 g/mol. The number of carbonyl (C=O) groups excluding carboxylic acids is 1. The van der Waals surface area contributed by atoms with Crippen LogP contribution in [0.3, 0.4) is 0 Å². The Balaban J connectivity index is 1.45. The predicted molar refractivity (Wildman–Crippen MR) is 117 cm³/mol. The molecule has 0 fully saturated rings. The van der Waals surface area contributed by atoms with E-state index in [4.69, 9.17) is 11.6 Å². The van der Waals surface area contributed by atoms with Crippen LogP contribution in [0.4, 0.5) is 0 Å². The third-order valence-electron chi connectivity index (χ3n) is 4.49. The Morgan fingerprint density at radius 1 is 1.10 bits per heavy atom. The molecule has 1 aromatic carbocycles. The van der Waals surface area contributed by atoms with Crippen LogP contribution in [0.15, 0.2) is 64.4 Å². The van der Waals surface area contributed by atoms with Gasteiger partial charge in [-0.2, -0.15) is 5.10 Å². The molecule has 10 heteroatoms. The highest BCUT2D eigenvalue weighted by molar-refractivity contribution is 9.10. The van der Waals surface area contributed by atoms with Crippen molar-refractivity contribution in [1.29, 1.82) is 0 Å². The number of benzene rings is 1. The Hall–Kier alpha value is -3.04. The van der Waals surface area contributed by atoms with E-state index in [-0.39, 0.29) is 11.5 Å². The lowest BCUT2D eigenvalue weighted by atomic mass is 10.2. The average Bonchev–Trinajstić information content (AvgIpc) is 3.16. The molecular weight excluding hydrogens is 472 g/mol. The van der Waals surface area contributed by atoms with Gasteiger partial charge in [0.2, 0.25) is 0 Å². The van der Waals surface area contributed by atoms with Gasteiger partial charge in [-0.05, 0) is 29.8 Å². The van der Waals surface area contributed by atoms with Crippen molar-refractivity contribution in [3.63, 3.8) is 0 Å². The summed E-state index contributed by atoms with van der Waals surface area (Å²) in [5, 5.41) is 7.80. The predicted octanol–water partition coefficient (Wildman–Crippen LogP) is 2.88. The van der Waals surface area contributed by atoms with Gasteiger partial charge in [0.1, 0.15) is 16.9 Å². The Morgan fingerprint density at radius 3 is 2.63 bits per heavy atom. The molecule has 0 bridgehead atoms. The molecule has 0 saturated heterocycles. The van der Waals surface area contributed by atoms with E-state index < -0.39 is 0 Å². The van der Waals surface area contributed by atoms with Gasteiger partial charge in [-0.3, -0.25) is 14.2 Å². The van der Waals surface area contributed by atoms with Crippen LogP contribution in [0.2, 0.25) is 5.15 Å². The van der Waals surface area contributed by atoms with E-state index in [1.165, 1.54) is 18.7 Å². The first kappa shape index (κ1) is 20.2. The van der Waals surface area contributed by atoms with Gasteiger partial charge in [-0.15, -0.1) is 0 Å². The first-order valence-corrected chi connectivity index (χ1v) is 10.2. The number of hydrogen-bond donors (Lipinski definition) is 1. The van der Waals surface area contributed by atoms with Crippen LogP contribution in [0.1, 0.15) is 15.9 Å². The quantitative estimate of drug-likeness (QED) is 0.422. The summed E-state index contributed by atoms with van der Waals surface area (Å²) < 4.78 is 4.13. The Bertz CT molecular complexity index is 1250. The number of nitrogens with zero attached hydrogens (tertiary/aromatic N) is 5. The number of amides is 1. The van der Waals surface area contributed by atoms with Gasteiger partial charge in [0.15, 0.2) is 5.65 Å². The van der Waals surface area contributed by atoms with Gasteiger partial charge in [0, 0.05) is 17.2 Å². The summed E-state index contributed by atoms with van der Waals surface area (Å²) in [4.78, 5) is 33.2. The molecule has 8 nitrogen and oxygen atoms in total. The minimum Gasteiger partial charge on any atom is -0.350 e. The first-order valence-electron chi connectivity index (χ1n) is 9.06. The van der Waals surface area contributed by atoms with E-state index in [9.17, 15) is 9.59 Å². The Labute approximate surface area is 184 Å². The van der Waals surface area contributed by atoms with E-state index in [0.717, 1.165) is 10.0 Å². The largest absolute Gasteiger partial charge is 0.350 e. The van der Waals surface area contributed by atoms with E-state index in [0.29, 0.717) is 41.4 Å². The Kier molecular flexibility index (Phi) is 5.91. The van der Waals surface area contributed by atoms with E-state index >= 15 is 0 Å². The van der Waals surface area contributed by atoms with Gasteiger partial charge < -0.3 is 5.32 Å². The van der Waals surface area contributed by atoms with E-state index in [1.54, 1.807) is 21.4 Å². The summed E-state index contributed by atoms with van der Waals surface area (Å²) in [5.41, 5.74) is 1.73. The lowest BCUT2D eigenvalue weighted by molar-refractivity contribution is 0.0951. The second-order valence-electron chi connectivity index (χ2n) is 6.53. The van der Waals surface area contributed by atoms with Crippen LogP contribution >= 0.6 is 27.5 Å². The van der Waals surface area contributed by atoms with Crippen LogP contribution < -0.4 is 10.9 Å². The number of pyridine rings is 1. The van der Waals surface area contributed by atoms with Gasteiger partial charge in [-0.25, -0.2) is 14.6 Å². The number of aromatic nitrogens is 5. The SMILES string of the molecule is O=C(NCCn1ncc2c(=O)n(Cc3ccc(Br)cc3)cnc21)c1ccc(Cl)nc1. The number of carbonyl (C=O) groups is 1. The zero-order chi connectivity index (χ0) is 21.1. The standard InChI is InChI=1S/C20H16BrClN6O2/c21-15-4-1-13(2-5-15)11-27-12-25-18-16(20(27)30)10-26-28(18)8-7-23-19(29)14-3-6-17(22)24-9-14/h1-6,9-10,12H,7-8,11H2,(H,23,29). The van der Waals surface area contributed by atoms with Crippen LogP contribution in [-0.4, -0.2) is 36.8 Å². The molecule has 3 heterocycles. The van der Waals surface area contributed by atoms with Gasteiger partial charge in [0.25, 0.3) is 11.5 Å². The number of nitrogens with one attached hydrogen (secondary N) is 1. The topological polar surface area (TPSA) is 94.7 Å². The second kappa shape index (κ2) is 8.76. The minimum atomic E-state index is -0.263. The molecular formula is C20H16BrClN6O2. The van der Waals surface area contributed by atoms with Crippen LogP contribution in [0.25, 0.3) is 11.0 Å². The zero-order valence-corrected chi connectivity index (χ0v) is 18.0. The average molecular weight is 488 g/mol. The Morgan fingerprint density at radius 2 is 1.90 bits per heavy atom. The first-order chi connectivity index (χ1) is 14.5. The normalized spacial score (nSPS) is 11.0. The summed E-state index contributed by atoms with van der Waals surface area (Å²) in [6.45, 7) is 1.12. The van der Waals surface area contributed by atoms with Gasteiger partial charge in [-0.1, -0.05) is 39.7 Å². The van der Waals surface area contributed by atoms with Crippen molar-refractivity contribution in [2.75, 3.05) is 6.54 Å². The fourth-order valence-corrected chi connectivity index (χ4v) is 3.32. The van der Waals surface area contributed by atoms with Crippen molar-refractivity contribution in [3.05, 3.63) is 86.2 Å². The molecule has 0 saturated carbocycles. The molecule has 3 aromatic heterocycles. The van der Waals surface area contributed by atoms with Gasteiger partial charge in [0.05, 0.1) is 24.8 Å². The summed E-state index contributed by atoms with van der Waals surface area (Å²) in [6.07, 6.45) is 4.44. The number of rotatable bonds is 6. The fraction of sp³-hybridized carbons (Fsp3) is 0.150. The van der Waals surface area contributed by atoms with Crippen molar-refractivity contribution in [1.82, 2.24) is 29.6 Å². The molecule has 0 aliphatic heterocycles. The van der Waals surface area contributed by atoms with Gasteiger partial charge >= 0.3 is 0 Å². The highest BCUT2D eigenvalue weighted by atomic mass is 79.9. The third kappa shape index (κ3) is 4.42. The maximum atomic E-state index is 12.8. The van der Waals surface area contributed by atoms with E-state index in [1.807, 2.05) is 24.3 Å². The number of hydrogen-bond acceptors (Lipinski definition) is 5. The van der Waals surface area contributed by atoms with E-state index in [2.05, 4.69) is 36.3 Å². The molecule has 0 aliphatic carbocycles. The minimum absolute atomic E-state index is 0.162. The van der Waals surface area contributed by atoms with Crippen molar-refractivity contribution in [3.8, 4) is 0 Å². The highest BCUT2D eigenvalue weighted by Crippen LogP contribution is 2.12. The smallest absolute Gasteiger partial charge is 0.264 e. The molecule has 4 aromatic rings. The lowest BCUT2D eigenvalue weighted by Gasteiger charge is -2.08. The maximum absolute atomic E-state index is 12.8. The molecule has 1 amide bonds. The molecule has 0 spiro atoms. The van der Waals surface area contributed by atoms with Crippen molar-refractivity contribution >= 4 is 44.5 Å². The van der Waals surface area contributed by atoms with Crippen molar-refractivity contribution in [2.45, 2.75) is 13.1 Å². The maximum Gasteiger partial charge on any atom is 0.264 e.